The molecule has 2 atom stereocenters. The minimum atomic E-state index is -1.17. The first-order valence-corrected chi connectivity index (χ1v) is 6.73. The Labute approximate surface area is 128 Å². The Morgan fingerprint density at radius 2 is 1.73 bits per heavy atom. The molecule has 0 aliphatic heterocycles. The van der Waals surface area contributed by atoms with Gasteiger partial charge in [-0.2, -0.15) is 0 Å². The Kier molecular flexibility index (Phi) is 7.99. The normalized spacial score (nSPS) is 14.5. The number of carboxylic acids is 1. The first-order valence-electron chi connectivity index (χ1n) is 6.73. The van der Waals surface area contributed by atoms with Gasteiger partial charge in [-0.25, -0.2) is 9.59 Å². The summed E-state index contributed by atoms with van der Waals surface area (Å²) < 4.78 is 9.38. The number of rotatable bonds is 8. The Morgan fingerprint density at radius 1 is 1.18 bits per heavy atom. The lowest BCUT2D eigenvalue weighted by Crippen LogP contribution is -2.45. The number of hydrogen-bond acceptors (Lipinski definition) is 7. The molecule has 0 aromatic carbocycles. The van der Waals surface area contributed by atoms with Crippen molar-refractivity contribution in [1.82, 2.24) is 5.01 Å². The van der Waals surface area contributed by atoms with E-state index >= 15 is 0 Å². The largest absolute Gasteiger partial charge is 0.569 e. The van der Waals surface area contributed by atoms with Crippen LogP contribution in [0.1, 0.15) is 34.6 Å². The second-order valence-corrected chi connectivity index (χ2v) is 5.14. The monoisotopic (exact) mass is 321 g/mol. The van der Waals surface area contributed by atoms with Crippen molar-refractivity contribution in [2.75, 3.05) is 7.05 Å². The third-order valence-electron chi connectivity index (χ3n) is 2.42. The molecule has 0 aromatic heterocycles. The predicted molar refractivity (Wildman–Crippen MR) is 73.3 cm³/mol. The number of carbonyl (C=O) groups is 2. The van der Waals surface area contributed by atoms with Crippen molar-refractivity contribution in [3.05, 3.63) is 5.21 Å². The van der Waals surface area contributed by atoms with E-state index < -0.39 is 24.5 Å². The maximum absolute atomic E-state index is 11.7. The fraction of sp³-hybridized carbons (Fsp3) is 0.833. The van der Waals surface area contributed by atoms with E-state index in [9.17, 15) is 14.8 Å². The third kappa shape index (κ3) is 6.95. The van der Waals surface area contributed by atoms with Gasteiger partial charge in [0.15, 0.2) is 6.04 Å². The third-order valence-corrected chi connectivity index (χ3v) is 2.42. The van der Waals surface area contributed by atoms with E-state index in [1.807, 2.05) is 0 Å². The number of aliphatic carboxylic acids is 1. The maximum atomic E-state index is 11.7. The van der Waals surface area contributed by atoms with Gasteiger partial charge in [-0.3, -0.25) is 4.84 Å². The Bertz CT molecular complexity index is 412. The molecule has 0 rings (SSSR count). The Hall–Kier alpha value is -2.26. The van der Waals surface area contributed by atoms with E-state index in [2.05, 4.69) is 14.9 Å². The van der Waals surface area contributed by atoms with Crippen molar-refractivity contribution in [2.45, 2.75) is 53.1 Å². The summed E-state index contributed by atoms with van der Waals surface area (Å²) in [5, 5.41) is 24.7. The minimum Gasteiger partial charge on any atom is -0.569 e. The summed E-state index contributed by atoms with van der Waals surface area (Å²) in [5.74, 6) is -1.50. The van der Waals surface area contributed by atoms with Crippen LogP contribution in [-0.2, 0) is 19.1 Å². The summed E-state index contributed by atoms with van der Waals surface area (Å²) in [6, 6.07) is -1.08. The fourth-order valence-electron chi connectivity index (χ4n) is 1.52. The topological polar surface area (TPSA) is 124 Å². The van der Waals surface area contributed by atoms with E-state index in [-0.39, 0.29) is 17.0 Å². The molecule has 0 fully saturated rings. The SMILES string of the molecule is CC(C)OC(=O)OC(C)O/N=[N+](\[O-])N(C)[C@H](C(=O)O)C(C)C. The number of hydrogen-bond donors (Lipinski definition) is 1. The molecule has 0 bridgehead atoms. The molecule has 0 spiro atoms. The van der Waals surface area contributed by atoms with Crippen molar-refractivity contribution in [3.63, 3.8) is 0 Å². The van der Waals surface area contributed by atoms with Crippen LogP contribution in [0.4, 0.5) is 4.79 Å². The summed E-state index contributed by atoms with van der Waals surface area (Å²) in [5.41, 5.74) is 0. The molecular weight excluding hydrogens is 298 g/mol. The molecule has 0 heterocycles. The minimum absolute atomic E-state index is 0.0214. The number of carboxylic acid groups (broad SMARTS) is 1. The summed E-state index contributed by atoms with van der Waals surface area (Å²) in [4.78, 5) is 26.9. The van der Waals surface area contributed by atoms with Gasteiger partial charge < -0.3 is 19.8 Å². The highest BCUT2D eigenvalue weighted by molar-refractivity contribution is 5.73. The van der Waals surface area contributed by atoms with Crippen LogP contribution in [0.5, 0.6) is 0 Å². The van der Waals surface area contributed by atoms with Gasteiger partial charge in [0.25, 0.3) is 6.29 Å². The number of ether oxygens (including phenoxy) is 2. The molecule has 0 radical (unpaired) electrons. The highest BCUT2D eigenvalue weighted by Crippen LogP contribution is 2.10. The molecule has 0 aliphatic carbocycles. The summed E-state index contributed by atoms with van der Waals surface area (Å²) in [7, 11) is 1.26. The first kappa shape index (κ1) is 19.7. The van der Waals surface area contributed by atoms with Crippen LogP contribution in [0.15, 0.2) is 5.28 Å². The first-order chi connectivity index (χ1) is 10.1. The molecule has 1 unspecified atom stereocenters. The van der Waals surface area contributed by atoms with Gasteiger partial charge in [-0.15, -0.1) is 5.01 Å². The van der Waals surface area contributed by atoms with Gasteiger partial charge in [0, 0.05) is 6.92 Å². The van der Waals surface area contributed by atoms with E-state index in [1.54, 1.807) is 27.7 Å². The summed E-state index contributed by atoms with van der Waals surface area (Å²) >= 11 is 0. The number of likely N-dealkylation sites (N-methyl/N-ethyl adjacent to an activating group) is 1. The van der Waals surface area contributed by atoms with Crippen LogP contribution in [0.25, 0.3) is 0 Å². The predicted octanol–water partition coefficient (Wildman–Crippen LogP) is 1.74. The average Bonchev–Trinajstić information content (AvgIpc) is 2.33. The molecule has 0 saturated heterocycles. The van der Waals surface area contributed by atoms with E-state index in [4.69, 9.17) is 9.84 Å². The van der Waals surface area contributed by atoms with Gasteiger partial charge in [0.2, 0.25) is 5.28 Å². The lowest BCUT2D eigenvalue weighted by Gasteiger charge is -2.23. The molecule has 10 heteroatoms. The molecule has 0 aromatic rings. The van der Waals surface area contributed by atoms with Crippen LogP contribution < -0.4 is 0 Å². The summed E-state index contributed by atoms with van der Waals surface area (Å²) in [6.45, 7) is 7.91. The Morgan fingerprint density at radius 3 is 2.14 bits per heavy atom. The van der Waals surface area contributed by atoms with Crippen LogP contribution >= 0.6 is 0 Å². The van der Waals surface area contributed by atoms with Gasteiger partial charge in [0.05, 0.1) is 18.1 Å². The standard InChI is InChI=1S/C12H23N3O7/c1-7(2)10(11(16)17)14(6)15(19)13-22-9(5)21-12(18)20-8(3)4/h7-10H,1-6H3,(H,16,17)/b15-13-/t9?,10-/m0/s1. The van der Waals surface area contributed by atoms with E-state index in [1.165, 1.54) is 14.0 Å². The van der Waals surface area contributed by atoms with Gasteiger partial charge in [0.1, 0.15) is 0 Å². The average molecular weight is 321 g/mol. The van der Waals surface area contributed by atoms with Crippen LogP contribution in [-0.4, -0.2) is 52.7 Å². The quantitative estimate of drug-likeness (QED) is 0.236. The van der Waals surface area contributed by atoms with Crippen LogP contribution in [0.2, 0.25) is 0 Å². The lowest BCUT2D eigenvalue weighted by atomic mass is 10.1. The number of nitrogens with zero attached hydrogens (tertiary/aromatic N) is 3. The van der Waals surface area contributed by atoms with Gasteiger partial charge in [-0.05, 0) is 19.8 Å². The van der Waals surface area contributed by atoms with Crippen molar-refractivity contribution < 1.29 is 34.0 Å². The molecule has 128 valence electrons. The number of hydrazine groups is 1. The molecule has 0 aliphatic rings. The van der Waals surface area contributed by atoms with Crippen LogP contribution in [0, 0.1) is 11.1 Å². The summed E-state index contributed by atoms with van der Waals surface area (Å²) in [6.07, 6.45) is -2.49. The molecule has 10 nitrogen and oxygen atoms in total. The maximum Gasteiger partial charge on any atom is 0.511 e. The lowest BCUT2D eigenvalue weighted by molar-refractivity contribution is -0.713. The van der Waals surface area contributed by atoms with E-state index in [0.29, 0.717) is 0 Å². The van der Waals surface area contributed by atoms with Crippen LogP contribution in [0.3, 0.4) is 0 Å². The molecule has 1 N–H and O–H groups in total. The van der Waals surface area contributed by atoms with Gasteiger partial charge >= 0.3 is 12.1 Å². The molecule has 0 amide bonds. The van der Waals surface area contributed by atoms with Crippen molar-refractivity contribution in [2.24, 2.45) is 11.2 Å². The Balaban J connectivity index is 4.59. The molecule has 0 saturated carbocycles. The number of carbonyl (C=O) groups excluding carboxylic acids is 1. The zero-order valence-corrected chi connectivity index (χ0v) is 13.5. The highest BCUT2D eigenvalue weighted by Gasteiger charge is 2.32. The van der Waals surface area contributed by atoms with Gasteiger partial charge in [-0.1, -0.05) is 13.8 Å². The zero-order chi connectivity index (χ0) is 17.4. The molecular formula is C12H23N3O7. The van der Waals surface area contributed by atoms with Crippen molar-refractivity contribution in [3.8, 4) is 0 Å². The highest BCUT2D eigenvalue weighted by atomic mass is 16.8. The molecule has 22 heavy (non-hydrogen) atoms. The second kappa shape index (κ2) is 8.90. The zero-order valence-electron chi connectivity index (χ0n) is 13.5. The van der Waals surface area contributed by atoms with Crippen molar-refractivity contribution in [1.29, 1.82) is 0 Å². The fourth-order valence-corrected chi connectivity index (χ4v) is 1.52. The second-order valence-electron chi connectivity index (χ2n) is 5.14. The van der Waals surface area contributed by atoms with E-state index in [0.717, 1.165) is 5.01 Å². The van der Waals surface area contributed by atoms with Crippen molar-refractivity contribution >= 4 is 12.1 Å². The smallest absolute Gasteiger partial charge is 0.511 e.